The highest BCUT2D eigenvalue weighted by Crippen LogP contribution is 2.34. The molecular weight excluding hydrogens is 447 g/mol. The number of pyridine rings is 1. The van der Waals surface area contributed by atoms with Gasteiger partial charge in [-0.1, -0.05) is 12.1 Å². The van der Waals surface area contributed by atoms with Gasteiger partial charge < -0.3 is 25.3 Å². The number of halogens is 1. The second-order valence-electron chi connectivity index (χ2n) is 8.26. The second-order valence-corrected chi connectivity index (χ2v) is 8.26. The maximum Gasteiger partial charge on any atom is 0.323 e. The fourth-order valence-electron chi connectivity index (χ4n) is 4.00. The van der Waals surface area contributed by atoms with Gasteiger partial charge in [-0.15, -0.1) is 0 Å². The summed E-state index contributed by atoms with van der Waals surface area (Å²) in [6.45, 7) is 4.63. The van der Waals surface area contributed by atoms with E-state index >= 15 is 0 Å². The van der Waals surface area contributed by atoms with Crippen molar-refractivity contribution in [1.82, 2.24) is 15.0 Å². The van der Waals surface area contributed by atoms with E-state index in [0.29, 0.717) is 36.1 Å². The molecule has 2 amide bonds. The zero-order valence-corrected chi connectivity index (χ0v) is 19.2. The number of H-pyrrole nitrogens is 1. The Morgan fingerprint density at radius 1 is 1.03 bits per heavy atom. The van der Waals surface area contributed by atoms with Crippen molar-refractivity contribution in [2.75, 3.05) is 41.8 Å². The van der Waals surface area contributed by atoms with Crippen LogP contribution in [0.25, 0.3) is 22.5 Å². The number of rotatable bonds is 5. The Morgan fingerprint density at radius 2 is 1.83 bits per heavy atom. The van der Waals surface area contributed by atoms with Crippen LogP contribution in [0.2, 0.25) is 0 Å². The highest BCUT2D eigenvalue weighted by atomic mass is 19.1. The number of carbonyl (C=O) groups is 1. The van der Waals surface area contributed by atoms with Crippen molar-refractivity contribution in [3.8, 4) is 22.5 Å². The lowest BCUT2D eigenvalue weighted by Crippen LogP contribution is -2.36. The third-order valence-electron chi connectivity index (χ3n) is 5.73. The van der Waals surface area contributed by atoms with Gasteiger partial charge in [0, 0.05) is 42.3 Å². The number of imidazole rings is 1. The van der Waals surface area contributed by atoms with Crippen LogP contribution in [0.15, 0.2) is 67.0 Å². The summed E-state index contributed by atoms with van der Waals surface area (Å²) in [5.74, 6) is 0.175. The third kappa shape index (κ3) is 5.15. The van der Waals surface area contributed by atoms with Gasteiger partial charge in [0.2, 0.25) is 5.95 Å². The molecule has 178 valence electrons. The first kappa shape index (κ1) is 22.5. The number of nitrogens with one attached hydrogen (secondary N) is 3. The first-order chi connectivity index (χ1) is 17.1. The van der Waals surface area contributed by atoms with E-state index in [1.165, 1.54) is 6.07 Å². The fraction of sp³-hybridized carbons (Fsp3) is 0.192. The van der Waals surface area contributed by atoms with Crippen LogP contribution in [-0.2, 0) is 4.74 Å². The first-order valence-corrected chi connectivity index (χ1v) is 11.3. The fourth-order valence-corrected chi connectivity index (χ4v) is 4.00. The summed E-state index contributed by atoms with van der Waals surface area (Å²) < 4.78 is 20.1. The van der Waals surface area contributed by atoms with Crippen LogP contribution in [0.5, 0.6) is 0 Å². The van der Waals surface area contributed by atoms with Crippen LogP contribution in [-0.4, -0.2) is 47.3 Å². The minimum absolute atomic E-state index is 0.0595. The van der Waals surface area contributed by atoms with Gasteiger partial charge in [0.15, 0.2) is 0 Å². The summed E-state index contributed by atoms with van der Waals surface area (Å²) >= 11 is 0. The minimum atomic E-state index is -0.539. The van der Waals surface area contributed by atoms with Crippen molar-refractivity contribution < 1.29 is 13.9 Å². The van der Waals surface area contributed by atoms with Crippen molar-refractivity contribution in [3.05, 3.63) is 78.4 Å². The lowest BCUT2D eigenvalue weighted by atomic mass is 10.1. The molecule has 1 aliphatic heterocycles. The number of amides is 2. The number of hydrogen-bond donors (Lipinski definition) is 3. The topological polar surface area (TPSA) is 95.2 Å². The summed E-state index contributed by atoms with van der Waals surface area (Å²) in [7, 11) is 0. The quantitative estimate of drug-likeness (QED) is 0.377. The molecule has 0 aliphatic carbocycles. The third-order valence-corrected chi connectivity index (χ3v) is 5.73. The van der Waals surface area contributed by atoms with E-state index in [0.717, 1.165) is 29.9 Å². The molecule has 1 fully saturated rings. The zero-order valence-electron chi connectivity index (χ0n) is 19.2. The van der Waals surface area contributed by atoms with E-state index in [4.69, 9.17) is 9.72 Å². The van der Waals surface area contributed by atoms with Crippen LogP contribution in [0.1, 0.15) is 5.56 Å². The Morgan fingerprint density at radius 3 is 2.60 bits per heavy atom. The monoisotopic (exact) mass is 472 g/mol. The second kappa shape index (κ2) is 9.94. The molecular formula is C26H25FN6O2. The number of aryl methyl sites for hydroxylation is 1. The predicted molar refractivity (Wildman–Crippen MR) is 134 cm³/mol. The summed E-state index contributed by atoms with van der Waals surface area (Å²) in [6.07, 6.45) is 3.42. The van der Waals surface area contributed by atoms with Crippen LogP contribution in [0, 0.1) is 12.7 Å². The molecule has 8 nitrogen and oxygen atoms in total. The van der Waals surface area contributed by atoms with E-state index in [-0.39, 0.29) is 5.69 Å². The largest absolute Gasteiger partial charge is 0.378 e. The van der Waals surface area contributed by atoms with Crippen molar-refractivity contribution in [2.45, 2.75) is 6.92 Å². The molecule has 0 atom stereocenters. The standard InChI is InChI=1S/C26H25FN6O2/c1-17-3-2-4-20(15-17)29-26(34)30-22-16-19(5-6-21(22)27)24-23(18-7-9-28-10-8-18)31-25(32-24)33-11-13-35-14-12-33/h2-10,15-16H,11-14H2,1H3,(H,31,32)(H2,29,30,34). The Hall–Kier alpha value is -4.24. The molecule has 3 N–H and O–H groups in total. The number of aromatic amines is 1. The number of anilines is 3. The molecule has 2 aromatic carbocycles. The summed E-state index contributed by atoms with van der Waals surface area (Å²) in [4.78, 5) is 27.0. The minimum Gasteiger partial charge on any atom is -0.378 e. The lowest BCUT2D eigenvalue weighted by Gasteiger charge is -2.26. The lowest BCUT2D eigenvalue weighted by molar-refractivity contribution is 0.122. The Balaban J connectivity index is 1.46. The molecule has 0 bridgehead atoms. The molecule has 0 saturated carbocycles. The molecule has 1 aliphatic rings. The Kier molecular flexibility index (Phi) is 6.40. The molecule has 2 aromatic heterocycles. The maximum atomic E-state index is 14.7. The molecule has 35 heavy (non-hydrogen) atoms. The van der Waals surface area contributed by atoms with Crippen LogP contribution in [0.3, 0.4) is 0 Å². The Bertz CT molecular complexity index is 1330. The number of carbonyl (C=O) groups excluding carboxylic acids is 1. The molecule has 0 radical (unpaired) electrons. The van der Waals surface area contributed by atoms with Gasteiger partial charge in [0.25, 0.3) is 0 Å². The van der Waals surface area contributed by atoms with Crippen molar-refractivity contribution in [2.24, 2.45) is 0 Å². The number of ether oxygens (including phenoxy) is 1. The predicted octanol–water partition coefficient (Wildman–Crippen LogP) is 5.07. The van der Waals surface area contributed by atoms with Crippen LogP contribution in [0.4, 0.5) is 26.5 Å². The van der Waals surface area contributed by atoms with Gasteiger partial charge >= 0.3 is 6.03 Å². The number of benzene rings is 2. The smallest absolute Gasteiger partial charge is 0.323 e. The summed E-state index contributed by atoms with van der Waals surface area (Å²) in [5.41, 5.74) is 4.70. The Labute approximate surface area is 202 Å². The number of nitrogens with zero attached hydrogens (tertiary/aromatic N) is 3. The normalized spacial score (nSPS) is 13.5. The van der Waals surface area contributed by atoms with E-state index in [2.05, 4.69) is 25.5 Å². The average molecular weight is 473 g/mol. The zero-order chi connectivity index (χ0) is 24.2. The van der Waals surface area contributed by atoms with E-state index < -0.39 is 11.8 Å². The molecule has 1 saturated heterocycles. The number of morpholine rings is 1. The van der Waals surface area contributed by atoms with E-state index in [1.54, 1.807) is 30.6 Å². The number of aromatic nitrogens is 3. The van der Waals surface area contributed by atoms with Gasteiger partial charge in [-0.3, -0.25) is 4.98 Å². The first-order valence-electron chi connectivity index (χ1n) is 11.3. The highest BCUT2D eigenvalue weighted by Gasteiger charge is 2.21. The van der Waals surface area contributed by atoms with Crippen molar-refractivity contribution >= 4 is 23.4 Å². The molecule has 3 heterocycles. The molecule has 0 spiro atoms. The van der Waals surface area contributed by atoms with Crippen LogP contribution < -0.4 is 15.5 Å². The highest BCUT2D eigenvalue weighted by molar-refractivity contribution is 6.00. The van der Waals surface area contributed by atoms with Gasteiger partial charge in [-0.2, -0.15) is 0 Å². The molecule has 9 heteroatoms. The molecule has 5 rings (SSSR count). The van der Waals surface area contributed by atoms with Gasteiger partial charge in [0.1, 0.15) is 5.82 Å². The van der Waals surface area contributed by atoms with E-state index in [9.17, 15) is 9.18 Å². The van der Waals surface area contributed by atoms with Gasteiger partial charge in [0.05, 0.1) is 30.3 Å². The van der Waals surface area contributed by atoms with Crippen molar-refractivity contribution in [1.29, 1.82) is 0 Å². The van der Waals surface area contributed by atoms with Crippen molar-refractivity contribution in [3.63, 3.8) is 0 Å². The number of hydrogen-bond acceptors (Lipinski definition) is 5. The SMILES string of the molecule is Cc1cccc(NC(=O)Nc2cc(-c3nc(N4CCOCC4)[nH]c3-c3ccncc3)ccc2F)c1. The van der Waals surface area contributed by atoms with Crippen LogP contribution >= 0.6 is 0 Å². The van der Waals surface area contributed by atoms with Gasteiger partial charge in [-0.25, -0.2) is 14.2 Å². The average Bonchev–Trinajstić information content (AvgIpc) is 3.32. The molecule has 0 unspecified atom stereocenters. The number of urea groups is 1. The summed E-state index contributed by atoms with van der Waals surface area (Å²) in [6, 6.07) is 15.2. The maximum absolute atomic E-state index is 14.7. The van der Waals surface area contributed by atoms with E-state index in [1.807, 2.05) is 37.3 Å². The summed E-state index contributed by atoms with van der Waals surface area (Å²) in [5, 5.41) is 5.36. The molecule has 4 aromatic rings. The van der Waals surface area contributed by atoms with Gasteiger partial charge in [-0.05, 0) is 55.0 Å².